The highest BCUT2D eigenvalue weighted by molar-refractivity contribution is 5.93. The van der Waals surface area contributed by atoms with E-state index in [1.807, 2.05) is 6.92 Å². The molecule has 2 unspecified atom stereocenters. The van der Waals surface area contributed by atoms with Gasteiger partial charge in [-0.1, -0.05) is 12.5 Å². The molecule has 1 aromatic rings. The standard InChI is InChI=1S/C14H20N2O3/c1-9(12-7-2-3-8-16-12)19-13-10(14(17)18)5-4-6-11(13)15/h4-6,9,12,16H,2-3,7-8,15H2,1H3,(H,17,18). The molecule has 104 valence electrons. The van der Waals surface area contributed by atoms with E-state index in [1.165, 1.54) is 18.9 Å². The molecule has 5 nitrogen and oxygen atoms in total. The zero-order chi connectivity index (χ0) is 13.8. The first kappa shape index (κ1) is 13.7. The second-order valence-electron chi connectivity index (χ2n) is 4.91. The number of piperidine rings is 1. The van der Waals surface area contributed by atoms with E-state index in [1.54, 1.807) is 12.1 Å². The zero-order valence-corrected chi connectivity index (χ0v) is 11.1. The van der Waals surface area contributed by atoms with E-state index in [-0.39, 0.29) is 23.5 Å². The van der Waals surface area contributed by atoms with Gasteiger partial charge >= 0.3 is 5.97 Å². The first-order valence-electron chi connectivity index (χ1n) is 6.61. The van der Waals surface area contributed by atoms with E-state index in [0.717, 1.165) is 13.0 Å². The number of nitrogens with two attached hydrogens (primary N) is 1. The summed E-state index contributed by atoms with van der Waals surface area (Å²) in [4.78, 5) is 11.2. The van der Waals surface area contributed by atoms with Crippen molar-refractivity contribution in [1.82, 2.24) is 5.32 Å². The lowest BCUT2D eigenvalue weighted by molar-refractivity contribution is 0.0686. The van der Waals surface area contributed by atoms with E-state index in [4.69, 9.17) is 15.6 Å². The molecule has 19 heavy (non-hydrogen) atoms. The summed E-state index contributed by atoms with van der Waals surface area (Å²) in [6.45, 7) is 2.93. The fourth-order valence-electron chi connectivity index (χ4n) is 2.40. The quantitative estimate of drug-likeness (QED) is 0.723. The highest BCUT2D eigenvalue weighted by atomic mass is 16.5. The summed E-state index contributed by atoms with van der Waals surface area (Å²) in [5, 5.41) is 12.6. The van der Waals surface area contributed by atoms with Crippen LogP contribution in [0, 0.1) is 0 Å². The number of rotatable bonds is 4. The number of nitrogens with one attached hydrogen (secondary N) is 1. The summed E-state index contributed by atoms with van der Waals surface area (Å²) in [6.07, 6.45) is 3.28. The van der Waals surface area contributed by atoms with Gasteiger partial charge in [-0.15, -0.1) is 0 Å². The van der Waals surface area contributed by atoms with Gasteiger partial charge in [-0.25, -0.2) is 4.79 Å². The first-order chi connectivity index (χ1) is 9.09. The van der Waals surface area contributed by atoms with Crippen LogP contribution in [0.1, 0.15) is 36.5 Å². The summed E-state index contributed by atoms with van der Waals surface area (Å²) in [7, 11) is 0. The molecule has 0 spiro atoms. The zero-order valence-electron chi connectivity index (χ0n) is 11.1. The topological polar surface area (TPSA) is 84.6 Å². The van der Waals surface area contributed by atoms with Crippen molar-refractivity contribution in [3.63, 3.8) is 0 Å². The maximum Gasteiger partial charge on any atom is 0.339 e. The number of nitrogen functional groups attached to an aromatic ring is 1. The number of carbonyl (C=O) groups is 1. The lowest BCUT2D eigenvalue weighted by Crippen LogP contribution is -2.44. The van der Waals surface area contributed by atoms with E-state index < -0.39 is 5.97 Å². The first-order valence-corrected chi connectivity index (χ1v) is 6.61. The van der Waals surface area contributed by atoms with Gasteiger partial charge in [0, 0.05) is 6.04 Å². The second-order valence-corrected chi connectivity index (χ2v) is 4.91. The molecule has 1 aliphatic rings. The number of hydrogen-bond acceptors (Lipinski definition) is 4. The lowest BCUT2D eigenvalue weighted by atomic mass is 10.0. The van der Waals surface area contributed by atoms with Crippen LogP contribution in [0.15, 0.2) is 18.2 Å². The van der Waals surface area contributed by atoms with Gasteiger partial charge in [0.2, 0.25) is 0 Å². The molecule has 0 amide bonds. The van der Waals surface area contributed by atoms with E-state index >= 15 is 0 Å². The van der Waals surface area contributed by atoms with Crippen molar-refractivity contribution in [2.45, 2.75) is 38.3 Å². The smallest absolute Gasteiger partial charge is 0.339 e. The predicted molar refractivity (Wildman–Crippen MR) is 73.5 cm³/mol. The van der Waals surface area contributed by atoms with E-state index in [2.05, 4.69) is 5.32 Å². The maximum absolute atomic E-state index is 11.2. The van der Waals surface area contributed by atoms with Crippen molar-refractivity contribution in [3.8, 4) is 5.75 Å². The number of carboxylic acid groups (broad SMARTS) is 1. The van der Waals surface area contributed by atoms with Crippen molar-refractivity contribution in [2.75, 3.05) is 12.3 Å². The van der Waals surface area contributed by atoms with Gasteiger partial charge in [-0.2, -0.15) is 0 Å². The molecule has 2 rings (SSSR count). The minimum Gasteiger partial charge on any atom is -0.486 e. The summed E-state index contributed by atoms with van der Waals surface area (Å²) in [6, 6.07) is 5.03. The third kappa shape index (κ3) is 3.17. The van der Waals surface area contributed by atoms with Crippen molar-refractivity contribution in [3.05, 3.63) is 23.8 Å². The largest absolute Gasteiger partial charge is 0.486 e. The second kappa shape index (κ2) is 5.93. The van der Waals surface area contributed by atoms with Gasteiger partial charge < -0.3 is 20.9 Å². The molecular weight excluding hydrogens is 244 g/mol. The Morgan fingerprint density at radius 2 is 2.32 bits per heavy atom. The third-order valence-electron chi connectivity index (χ3n) is 3.49. The van der Waals surface area contributed by atoms with Crippen LogP contribution in [0.2, 0.25) is 0 Å². The molecular formula is C14H20N2O3. The molecule has 2 atom stereocenters. The average molecular weight is 264 g/mol. The number of hydrogen-bond donors (Lipinski definition) is 3. The molecule has 0 bridgehead atoms. The van der Waals surface area contributed by atoms with Crippen LogP contribution < -0.4 is 15.8 Å². The number of ether oxygens (including phenoxy) is 1. The Labute approximate surface area is 112 Å². The predicted octanol–water partition coefficient (Wildman–Crippen LogP) is 1.88. The number of aromatic carboxylic acids is 1. The monoisotopic (exact) mass is 264 g/mol. The summed E-state index contributed by atoms with van der Waals surface area (Å²) in [5.74, 6) is -0.749. The van der Waals surface area contributed by atoms with Crippen molar-refractivity contribution in [2.24, 2.45) is 0 Å². The summed E-state index contributed by atoms with van der Waals surface area (Å²) >= 11 is 0. The molecule has 1 aliphatic heterocycles. The Kier molecular flexibility index (Phi) is 4.27. The molecule has 1 heterocycles. The van der Waals surface area contributed by atoms with Crippen LogP contribution in [-0.2, 0) is 0 Å². The van der Waals surface area contributed by atoms with Crippen LogP contribution in [0.5, 0.6) is 5.75 Å². The van der Waals surface area contributed by atoms with Gasteiger partial charge in [0.15, 0.2) is 5.75 Å². The Bertz CT molecular complexity index is 456. The number of benzene rings is 1. The van der Waals surface area contributed by atoms with Crippen molar-refractivity contribution >= 4 is 11.7 Å². The van der Waals surface area contributed by atoms with Crippen molar-refractivity contribution in [1.29, 1.82) is 0 Å². The highest BCUT2D eigenvalue weighted by Gasteiger charge is 2.23. The molecule has 0 aromatic heterocycles. The van der Waals surface area contributed by atoms with E-state index in [0.29, 0.717) is 5.69 Å². The Morgan fingerprint density at radius 1 is 1.53 bits per heavy atom. The lowest BCUT2D eigenvalue weighted by Gasteiger charge is -2.30. The molecule has 5 heteroatoms. The molecule has 0 aliphatic carbocycles. The van der Waals surface area contributed by atoms with Gasteiger partial charge in [-0.05, 0) is 38.4 Å². The Hall–Kier alpha value is -1.75. The average Bonchev–Trinajstić information content (AvgIpc) is 2.41. The van der Waals surface area contributed by atoms with Crippen LogP contribution >= 0.6 is 0 Å². The molecule has 4 N–H and O–H groups in total. The normalized spacial score (nSPS) is 20.8. The van der Waals surface area contributed by atoms with Gasteiger partial charge in [-0.3, -0.25) is 0 Å². The van der Waals surface area contributed by atoms with Crippen LogP contribution in [0.3, 0.4) is 0 Å². The van der Waals surface area contributed by atoms with Crippen molar-refractivity contribution < 1.29 is 14.6 Å². The van der Waals surface area contributed by atoms with Gasteiger partial charge in [0.25, 0.3) is 0 Å². The Morgan fingerprint density at radius 3 is 2.95 bits per heavy atom. The number of carboxylic acids is 1. The van der Waals surface area contributed by atoms with Gasteiger partial charge in [0.05, 0.1) is 5.69 Å². The van der Waals surface area contributed by atoms with Crippen LogP contribution in [-0.4, -0.2) is 29.8 Å². The fraction of sp³-hybridized carbons (Fsp3) is 0.500. The SMILES string of the molecule is CC(Oc1c(N)cccc1C(=O)O)C1CCCCN1. The highest BCUT2D eigenvalue weighted by Crippen LogP contribution is 2.28. The van der Waals surface area contributed by atoms with E-state index in [9.17, 15) is 4.79 Å². The number of para-hydroxylation sites is 1. The third-order valence-corrected chi connectivity index (χ3v) is 3.49. The van der Waals surface area contributed by atoms with Gasteiger partial charge in [0.1, 0.15) is 11.7 Å². The van der Waals surface area contributed by atoms with Crippen LogP contribution in [0.4, 0.5) is 5.69 Å². The fourth-order valence-corrected chi connectivity index (χ4v) is 2.40. The summed E-state index contributed by atoms with van der Waals surface area (Å²) in [5.41, 5.74) is 6.31. The summed E-state index contributed by atoms with van der Waals surface area (Å²) < 4.78 is 5.81. The minimum atomic E-state index is -1.02. The molecule has 1 saturated heterocycles. The molecule has 1 aromatic carbocycles. The molecule has 0 radical (unpaired) electrons. The molecule has 1 fully saturated rings. The maximum atomic E-state index is 11.2. The Balaban J connectivity index is 2.15. The molecule has 0 saturated carbocycles. The minimum absolute atomic E-state index is 0.108. The number of anilines is 1. The van der Waals surface area contributed by atoms with Crippen LogP contribution in [0.25, 0.3) is 0 Å².